The minimum absolute atomic E-state index is 1.12. The van der Waals surface area contributed by atoms with Gasteiger partial charge in [0.1, 0.15) is 0 Å². The molecule has 0 aliphatic carbocycles. The molecule has 1 fully saturated rings. The summed E-state index contributed by atoms with van der Waals surface area (Å²) < 4.78 is 0. The van der Waals surface area contributed by atoms with Crippen LogP contribution in [0.25, 0.3) is 0 Å². The molecular formula is C12H25N3. The maximum absolute atomic E-state index is 3.93. The highest BCUT2D eigenvalue weighted by molar-refractivity contribution is 4.88. The number of hydrogen-bond acceptors (Lipinski definition) is 3. The van der Waals surface area contributed by atoms with E-state index >= 15 is 0 Å². The Hall–Kier alpha value is -0.380. The van der Waals surface area contributed by atoms with Crippen LogP contribution >= 0.6 is 0 Å². The summed E-state index contributed by atoms with van der Waals surface area (Å²) in [5, 5.41) is 3.38. The van der Waals surface area contributed by atoms with Crippen molar-refractivity contribution in [3.8, 4) is 0 Å². The first kappa shape index (κ1) is 12.7. The smallest absolute Gasteiger partial charge is 0.0110 e. The third-order valence-corrected chi connectivity index (χ3v) is 2.93. The van der Waals surface area contributed by atoms with Gasteiger partial charge >= 0.3 is 0 Å². The van der Waals surface area contributed by atoms with Crippen LogP contribution in [0.15, 0.2) is 12.2 Å². The van der Waals surface area contributed by atoms with Crippen LogP contribution in [0.5, 0.6) is 0 Å². The normalized spacial score (nSPS) is 18.3. The van der Waals surface area contributed by atoms with Gasteiger partial charge < -0.3 is 10.2 Å². The van der Waals surface area contributed by atoms with Gasteiger partial charge in [0.25, 0.3) is 0 Å². The van der Waals surface area contributed by atoms with E-state index < -0.39 is 0 Å². The minimum Gasteiger partial charge on any atom is -0.314 e. The largest absolute Gasteiger partial charge is 0.314 e. The molecule has 0 amide bonds. The third-order valence-electron chi connectivity index (χ3n) is 2.93. The summed E-state index contributed by atoms with van der Waals surface area (Å²) in [6, 6.07) is 0. The fraction of sp³-hybridized carbons (Fsp3) is 0.833. The van der Waals surface area contributed by atoms with Crippen molar-refractivity contribution >= 4 is 0 Å². The molecule has 1 rings (SSSR count). The lowest BCUT2D eigenvalue weighted by atomic mass is 10.2. The van der Waals surface area contributed by atoms with Gasteiger partial charge in [-0.15, -0.1) is 6.58 Å². The van der Waals surface area contributed by atoms with Crippen LogP contribution in [0.2, 0.25) is 0 Å². The topological polar surface area (TPSA) is 18.5 Å². The number of nitrogens with zero attached hydrogens (tertiary/aromatic N) is 2. The van der Waals surface area contributed by atoms with E-state index in [4.69, 9.17) is 0 Å². The second-order valence-corrected chi connectivity index (χ2v) is 4.60. The van der Waals surface area contributed by atoms with Crippen molar-refractivity contribution in [2.45, 2.75) is 13.3 Å². The van der Waals surface area contributed by atoms with E-state index in [1.807, 2.05) is 0 Å². The Morgan fingerprint density at radius 3 is 2.60 bits per heavy atom. The summed E-state index contributed by atoms with van der Waals surface area (Å²) in [4.78, 5) is 4.94. The fourth-order valence-electron chi connectivity index (χ4n) is 1.74. The predicted molar refractivity (Wildman–Crippen MR) is 66.2 cm³/mol. The average molecular weight is 211 g/mol. The van der Waals surface area contributed by atoms with E-state index in [0.29, 0.717) is 0 Å². The SMILES string of the molecule is C=C(C)CCN(C)CCN1CCNCC1. The molecule has 0 spiro atoms. The molecule has 88 valence electrons. The van der Waals surface area contributed by atoms with Crippen molar-refractivity contribution in [1.82, 2.24) is 15.1 Å². The van der Waals surface area contributed by atoms with Crippen LogP contribution in [0, 0.1) is 0 Å². The van der Waals surface area contributed by atoms with E-state index in [-0.39, 0.29) is 0 Å². The summed E-state index contributed by atoms with van der Waals surface area (Å²) in [5.41, 5.74) is 1.28. The van der Waals surface area contributed by atoms with Crippen molar-refractivity contribution < 1.29 is 0 Å². The minimum atomic E-state index is 1.12. The molecule has 0 saturated carbocycles. The summed E-state index contributed by atoms with van der Waals surface area (Å²) in [7, 11) is 2.20. The Morgan fingerprint density at radius 1 is 1.33 bits per heavy atom. The summed E-state index contributed by atoms with van der Waals surface area (Å²) in [6.07, 6.45) is 1.12. The van der Waals surface area contributed by atoms with Crippen molar-refractivity contribution in [2.75, 3.05) is 52.9 Å². The van der Waals surface area contributed by atoms with Crippen molar-refractivity contribution in [2.24, 2.45) is 0 Å². The molecule has 0 atom stereocenters. The molecule has 0 aromatic heterocycles. The average Bonchev–Trinajstić information content (AvgIpc) is 2.25. The van der Waals surface area contributed by atoms with E-state index in [9.17, 15) is 0 Å². The Kier molecular flexibility index (Phi) is 5.91. The van der Waals surface area contributed by atoms with Gasteiger partial charge in [0, 0.05) is 45.8 Å². The number of piperazine rings is 1. The Bertz CT molecular complexity index is 185. The second-order valence-electron chi connectivity index (χ2n) is 4.60. The Labute approximate surface area is 94.1 Å². The lowest BCUT2D eigenvalue weighted by molar-refractivity contribution is 0.206. The number of nitrogens with one attached hydrogen (secondary N) is 1. The van der Waals surface area contributed by atoms with Crippen LogP contribution in [0.4, 0.5) is 0 Å². The predicted octanol–water partition coefficient (Wildman–Crippen LogP) is 0.790. The molecule has 3 nitrogen and oxygen atoms in total. The van der Waals surface area contributed by atoms with Crippen molar-refractivity contribution in [3.63, 3.8) is 0 Å². The molecule has 0 bridgehead atoms. The van der Waals surface area contributed by atoms with Crippen molar-refractivity contribution in [1.29, 1.82) is 0 Å². The molecule has 1 aliphatic heterocycles. The Morgan fingerprint density at radius 2 is 2.00 bits per heavy atom. The molecule has 0 aromatic rings. The quantitative estimate of drug-likeness (QED) is 0.655. The highest BCUT2D eigenvalue weighted by Gasteiger charge is 2.09. The molecule has 1 aliphatic rings. The molecule has 1 heterocycles. The zero-order valence-corrected chi connectivity index (χ0v) is 10.3. The van der Waals surface area contributed by atoms with Crippen LogP contribution in [0.3, 0.4) is 0 Å². The standard InChI is InChI=1S/C12H25N3/c1-12(2)4-7-14(3)10-11-15-8-5-13-6-9-15/h13H,1,4-11H2,2-3H3. The molecule has 0 radical (unpaired) electrons. The zero-order valence-electron chi connectivity index (χ0n) is 10.3. The lowest BCUT2D eigenvalue weighted by Gasteiger charge is -2.29. The zero-order chi connectivity index (χ0) is 11.1. The lowest BCUT2D eigenvalue weighted by Crippen LogP contribution is -2.46. The molecule has 0 unspecified atom stereocenters. The first-order valence-corrected chi connectivity index (χ1v) is 5.94. The van der Waals surface area contributed by atoms with Gasteiger partial charge in [0.15, 0.2) is 0 Å². The second kappa shape index (κ2) is 6.99. The van der Waals surface area contributed by atoms with E-state index in [2.05, 4.69) is 35.7 Å². The summed E-state index contributed by atoms with van der Waals surface area (Å²) in [6.45, 7) is 14.3. The monoisotopic (exact) mass is 211 g/mol. The van der Waals surface area contributed by atoms with Gasteiger partial charge in [0.05, 0.1) is 0 Å². The van der Waals surface area contributed by atoms with Gasteiger partial charge in [-0.1, -0.05) is 5.57 Å². The van der Waals surface area contributed by atoms with E-state index in [1.54, 1.807) is 0 Å². The first-order chi connectivity index (χ1) is 7.18. The maximum atomic E-state index is 3.93. The highest BCUT2D eigenvalue weighted by Crippen LogP contribution is 1.98. The van der Waals surface area contributed by atoms with Gasteiger partial charge in [-0.2, -0.15) is 0 Å². The van der Waals surface area contributed by atoms with Gasteiger partial charge in [0.2, 0.25) is 0 Å². The van der Waals surface area contributed by atoms with Crippen LogP contribution in [-0.2, 0) is 0 Å². The van der Waals surface area contributed by atoms with Crippen molar-refractivity contribution in [3.05, 3.63) is 12.2 Å². The van der Waals surface area contributed by atoms with E-state index in [0.717, 1.165) is 26.1 Å². The maximum Gasteiger partial charge on any atom is 0.0110 e. The summed E-state index contributed by atoms with van der Waals surface area (Å²) in [5.74, 6) is 0. The molecule has 1 saturated heterocycles. The molecule has 1 N–H and O–H groups in total. The fourth-order valence-corrected chi connectivity index (χ4v) is 1.74. The van der Waals surface area contributed by atoms with Crippen LogP contribution in [-0.4, -0.2) is 62.7 Å². The van der Waals surface area contributed by atoms with Crippen LogP contribution < -0.4 is 5.32 Å². The van der Waals surface area contributed by atoms with Gasteiger partial charge in [-0.3, -0.25) is 4.90 Å². The first-order valence-electron chi connectivity index (χ1n) is 5.94. The third kappa shape index (κ3) is 5.92. The van der Waals surface area contributed by atoms with Gasteiger partial charge in [-0.25, -0.2) is 0 Å². The molecule has 15 heavy (non-hydrogen) atoms. The van der Waals surface area contributed by atoms with Crippen LogP contribution in [0.1, 0.15) is 13.3 Å². The van der Waals surface area contributed by atoms with E-state index in [1.165, 1.54) is 31.8 Å². The molecule has 3 heteroatoms. The Balaban J connectivity index is 2.04. The van der Waals surface area contributed by atoms with Gasteiger partial charge in [-0.05, 0) is 20.4 Å². The number of rotatable bonds is 6. The summed E-state index contributed by atoms with van der Waals surface area (Å²) >= 11 is 0. The molecule has 0 aromatic carbocycles. The number of likely N-dealkylation sites (N-methyl/N-ethyl adjacent to an activating group) is 1. The number of hydrogen-bond donors (Lipinski definition) is 1. The molecular weight excluding hydrogens is 186 g/mol. The highest BCUT2D eigenvalue weighted by atomic mass is 15.2.